The van der Waals surface area contributed by atoms with Crippen molar-refractivity contribution in [1.82, 2.24) is 16.0 Å². The van der Waals surface area contributed by atoms with Gasteiger partial charge in [0.1, 0.15) is 11.9 Å². The van der Waals surface area contributed by atoms with E-state index >= 15 is 0 Å². The summed E-state index contributed by atoms with van der Waals surface area (Å²) in [5, 5.41) is 8.16. The van der Waals surface area contributed by atoms with Crippen molar-refractivity contribution in [2.75, 3.05) is 13.1 Å². The third-order valence-electron chi connectivity index (χ3n) is 3.71. The summed E-state index contributed by atoms with van der Waals surface area (Å²) in [7, 11) is 0. The molecule has 0 bridgehead atoms. The standard InChI is InChI=1S/C16H22FN3O2/c17-13-8-2-1-6-12(13)7-5-11-19-16(22)20-14-9-3-4-10-18-15(14)21/h1-2,6,8,14H,3-5,7,9-11H2,(H,18,21)(H2,19,20,22). The van der Waals surface area contributed by atoms with Crippen LogP contribution in [-0.4, -0.2) is 31.1 Å². The summed E-state index contributed by atoms with van der Waals surface area (Å²) in [4.78, 5) is 23.5. The first-order chi connectivity index (χ1) is 10.7. The molecule has 6 heteroatoms. The molecule has 1 aliphatic heterocycles. The highest BCUT2D eigenvalue weighted by atomic mass is 19.1. The smallest absolute Gasteiger partial charge is 0.315 e. The molecule has 120 valence electrons. The Morgan fingerprint density at radius 3 is 2.95 bits per heavy atom. The second kappa shape index (κ2) is 8.36. The molecular weight excluding hydrogens is 285 g/mol. The largest absolute Gasteiger partial charge is 0.354 e. The van der Waals surface area contributed by atoms with Gasteiger partial charge in [-0.2, -0.15) is 0 Å². The van der Waals surface area contributed by atoms with Crippen LogP contribution >= 0.6 is 0 Å². The molecule has 1 atom stereocenters. The Morgan fingerprint density at radius 1 is 1.32 bits per heavy atom. The predicted octanol–water partition coefficient (Wildman–Crippen LogP) is 1.73. The number of hydrogen-bond donors (Lipinski definition) is 3. The summed E-state index contributed by atoms with van der Waals surface area (Å²) in [5.74, 6) is -0.346. The van der Waals surface area contributed by atoms with E-state index in [1.54, 1.807) is 18.2 Å². The van der Waals surface area contributed by atoms with Crippen LogP contribution in [0.25, 0.3) is 0 Å². The normalized spacial score (nSPS) is 18.2. The van der Waals surface area contributed by atoms with Gasteiger partial charge in [-0.1, -0.05) is 18.2 Å². The van der Waals surface area contributed by atoms with Crippen molar-refractivity contribution in [3.8, 4) is 0 Å². The number of benzene rings is 1. The Morgan fingerprint density at radius 2 is 2.14 bits per heavy atom. The molecule has 0 aliphatic carbocycles. The van der Waals surface area contributed by atoms with Gasteiger partial charge < -0.3 is 16.0 Å². The number of carbonyl (C=O) groups excluding carboxylic acids is 2. The quantitative estimate of drug-likeness (QED) is 0.725. The molecule has 3 amide bonds. The highest BCUT2D eigenvalue weighted by Gasteiger charge is 2.21. The van der Waals surface area contributed by atoms with Crippen LogP contribution in [0.3, 0.4) is 0 Å². The van der Waals surface area contributed by atoms with Gasteiger partial charge in [-0.3, -0.25) is 4.79 Å². The molecule has 1 aliphatic rings. The minimum absolute atomic E-state index is 0.126. The fourth-order valence-electron chi connectivity index (χ4n) is 2.47. The molecular formula is C16H22FN3O2. The Hall–Kier alpha value is -2.11. The molecule has 1 heterocycles. The first-order valence-electron chi connectivity index (χ1n) is 7.72. The van der Waals surface area contributed by atoms with E-state index in [-0.39, 0.29) is 17.8 Å². The Bertz CT molecular complexity index is 522. The second-order valence-electron chi connectivity index (χ2n) is 5.43. The van der Waals surface area contributed by atoms with E-state index in [2.05, 4.69) is 16.0 Å². The van der Waals surface area contributed by atoms with Crippen LogP contribution in [0.1, 0.15) is 31.2 Å². The second-order valence-corrected chi connectivity index (χ2v) is 5.43. The fourth-order valence-corrected chi connectivity index (χ4v) is 2.47. The number of nitrogens with one attached hydrogen (secondary N) is 3. The lowest BCUT2D eigenvalue weighted by atomic mass is 10.1. The van der Waals surface area contributed by atoms with Crippen LogP contribution in [0.4, 0.5) is 9.18 Å². The lowest BCUT2D eigenvalue weighted by Crippen LogP contribution is -2.49. The van der Waals surface area contributed by atoms with Crippen molar-refractivity contribution in [3.63, 3.8) is 0 Å². The minimum atomic E-state index is -0.464. The number of aryl methyl sites for hydroxylation is 1. The van der Waals surface area contributed by atoms with Crippen molar-refractivity contribution < 1.29 is 14.0 Å². The van der Waals surface area contributed by atoms with Gasteiger partial charge in [0.15, 0.2) is 0 Å². The first-order valence-corrected chi connectivity index (χ1v) is 7.72. The molecule has 1 saturated heterocycles. The molecule has 0 spiro atoms. The Balaban J connectivity index is 1.67. The summed E-state index contributed by atoms with van der Waals surface area (Å²) in [6.45, 7) is 1.11. The molecule has 22 heavy (non-hydrogen) atoms. The zero-order chi connectivity index (χ0) is 15.8. The third-order valence-corrected chi connectivity index (χ3v) is 3.71. The van der Waals surface area contributed by atoms with Gasteiger partial charge >= 0.3 is 6.03 Å². The molecule has 2 rings (SSSR count). The topological polar surface area (TPSA) is 70.2 Å². The number of rotatable bonds is 5. The zero-order valence-corrected chi connectivity index (χ0v) is 12.5. The zero-order valence-electron chi connectivity index (χ0n) is 12.5. The number of amides is 3. The van der Waals surface area contributed by atoms with E-state index in [0.717, 1.165) is 12.8 Å². The van der Waals surface area contributed by atoms with Crippen LogP contribution < -0.4 is 16.0 Å². The highest BCUT2D eigenvalue weighted by Crippen LogP contribution is 2.08. The van der Waals surface area contributed by atoms with Crippen LogP contribution in [-0.2, 0) is 11.2 Å². The van der Waals surface area contributed by atoms with Gasteiger partial charge in [-0.15, -0.1) is 0 Å². The number of carbonyl (C=O) groups is 2. The van der Waals surface area contributed by atoms with E-state index in [0.29, 0.717) is 37.9 Å². The molecule has 1 aromatic rings. The van der Waals surface area contributed by atoms with Crippen LogP contribution in [0.5, 0.6) is 0 Å². The van der Waals surface area contributed by atoms with E-state index in [1.165, 1.54) is 6.07 Å². The first kappa shape index (κ1) is 16.3. The molecule has 3 N–H and O–H groups in total. The number of hydrogen-bond acceptors (Lipinski definition) is 2. The summed E-state index contributed by atoms with van der Waals surface area (Å²) in [6, 6.07) is 5.81. The monoisotopic (exact) mass is 307 g/mol. The van der Waals surface area contributed by atoms with E-state index < -0.39 is 6.04 Å². The van der Waals surface area contributed by atoms with Crippen LogP contribution in [0, 0.1) is 5.82 Å². The van der Waals surface area contributed by atoms with Gasteiger partial charge in [0.25, 0.3) is 0 Å². The van der Waals surface area contributed by atoms with Crippen molar-refractivity contribution in [3.05, 3.63) is 35.6 Å². The van der Waals surface area contributed by atoms with Crippen molar-refractivity contribution in [1.29, 1.82) is 0 Å². The number of halogens is 1. The van der Waals surface area contributed by atoms with Crippen molar-refractivity contribution >= 4 is 11.9 Å². The molecule has 1 fully saturated rings. The van der Waals surface area contributed by atoms with Crippen LogP contribution in [0.2, 0.25) is 0 Å². The van der Waals surface area contributed by atoms with Gasteiger partial charge in [0, 0.05) is 13.1 Å². The van der Waals surface area contributed by atoms with Crippen molar-refractivity contribution in [2.45, 2.75) is 38.1 Å². The fraction of sp³-hybridized carbons (Fsp3) is 0.500. The van der Waals surface area contributed by atoms with Gasteiger partial charge in [0.2, 0.25) is 5.91 Å². The average Bonchev–Trinajstić information content (AvgIpc) is 2.70. The summed E-state index contributed by atoms with van der Waals surface area (Å²) < 4.78 is 13.4. The average molecular weight is 307 g/mol. The molecule has 0 radical (unpaired) electrons. The SMILES string of the molecule is O=C(NCCCc1ccccc1F)NC1CCCCNC1=O. The summed E-state index contributed by atoms with van der Waals surface area (Å²) in [5.41, 5.74) is 0.646. The Kier molecular flexibility index (Phi) is 6.18. The number of urea groups is 1. The third kappa shape index (κ3) is 5.02. The highest BCUT2D eigenvalue weighted by molar-refractivity contribution is 5.87. The van der Waals surface area contributed by atoms with Gasteiger partial charge in [-0.05, 0) is 43.7 Å². The summed E-state index contributed by atoms with van der Waals surface area (Å²) in [6.07, 6.45) is 3.72. The van der Waals surface area contributed by atoms with Gasteiger partial charge in [-0.25, -0.2) is 9.18 Å². The van der Waals surface area contributed by atoms with E-state index in [1.807, 2.05) is 0 Å². The molecule has 0 aromatic heterocycles. The summed E-state index contributed by atoms with van der Waals surface area (Å²) >= 11 is 0. The van der Waals surface area contributed by atoms with Gasteiger partial charge in [0.05, 0.1) is 0 Å². The Labute approximate surface area is 129 Å². The maximum Gasteiger partial charge on any atom is 0.315 e. The maximum atomic E-state index is 13.4. The van der Waals surface area contributed by atoms with Crippen molar-refractivity contribution in [2.24, 2.45) is 0 Å². The molecule has 1 unspecified atom stereocenters. The lowest BCUT2D eigenvalue weighted by molar-refractivity contribution is -0.122. The maximum absolute atomic E-state index is 13.4. The minimum Gasteiger partial charge on any atom is -0.354 e. The van der Waals surface area contributed by atoms with E-state index in [9.17, 15) is 14.0 Å². The van der Waals surface area contributed by atoms with E-state index in [4.69, 9.17) is 0 Å². The lowest BCUT2D eigenvalue weighted by Gasteiger charge is -2.15. The molecule has 0 saturated carbocycles. The predicted molar refractivity (Wildman–Crippen MR) is 81.9 cm³/mol. The molecule has 5 nitrogen and oxygen atoms in total. The van der Waals surface area contributed by atoms with Crippen LogP contribution in [0.15, 0.2) is 24.3 Å². The molecule has 1 aromatic carbocycles.